The van der Waals surface area contributed by atoms with E-state index in [0.29, 0.717) is 5.56 Å². The fourth-order valence-electron chi connectivity index (χ4n) is 4.22. The number of alkyl halides is 6. The van der Waals surface area contributed by atoms with Crippen LogP contribution in [0.4, 0.5) is 26.3 Å². The van der Waals surface area contributed by atoms with Crippen molar-refractivity contribution in [3.05, 3.63) is 68.7 Å². The van der Waals surface area contributed by atoms with E-state index in [0.717, 1.165) is 12.1 Å². The average molecular weight is 598 g/mol. The van der Waals surface area contributed by atoms with Gasteiger partial charge in [0.15, 0.2) is 0 Å². The van der Waals surface area contributed by atoms with E-state index in [9.17, 15) is 35.9 Å². The standard InChI is InChI=1S/C24H19Cl2F6N3O4/c1-12-4-13(19-9-22(39-34-19,24(30,31)32)14-5-15(25)7-16(26)6-14)2-3-18(12)21(37)33-17-8-20(36)35(38-10-17)11-23(27,28)29/h2-7,17H,8-11H2,1H3,(H,33,37)/t17-,22?/m0/s1. The molecule has 210 valence electrons. The molecule has 0 saturated carbocycles. The first-order valence-electron chi connectivity index (χ1n) is 11.3. The minimum atomic E-state index is -4.88. The number of amides is 2. The van der Waals surface area contributed by atoms with Crippen LogP contribution in [0, 0.1) is 6.92 Å². The Balaban J connectivity index is 1.47. The van der Waals surface area contributed by atoms with Crippen molar-refractivity contribution in [2.24, 2.45) is 5.16 Å². The third-order valence-corrected chi connectivity index (χ3v) is 6.54. The highest BCUT2D eigenvalue weighted by Crippen LogP contribution is 2.49. The Labute approximate surface area is 227 Å². The fraction of sp³-hybridized carbons (Fsp3) is 0.375. The molecule has 15 heteroatoms. The van der Waals surface area contributed by atoms with Crippen molar-refractivity contribution in [3.63, 3.8) is 0 Å². The molecule has 0 aliphatic carbocycles. The summed E-state index contributed by atoms with van der Waals surface area (Å²) in [5.41, 5.74) is -2.42. The second kappa shape index (κ2) is 10.5. The quantitative estimate of drug-likeness (QED) is 0.448. The molecule has 2 aliphatic heterocycles. The van der Waals surface area contributed by atoms with E-state index in [1.807, 2.05) is 0 Å². The summed E-state index contributed by atoms with van der Waals surface area (Å²) < 4.78 is 80.3. The van der Waals surface area contributed by atoms with Crippen molar-refractivity contribution < 1.29 is 45.6 Å². The van der Waals surface area contributed by atoms with Crippen LogP contribution in [0.3, 0.4) is 0 Å². The third-order valence-electron chi connectivity index (χ3n) is 6.11. The second-order valence-corrected chi connectivity index (χ2v) is 9.91. The van der Waals surface area contributed by atoms with Crippen LogP contribution in [-0.2, 0) is 20.1 Å². The van der Waals surface area contributed by atoms with Gasteiger partial charge in [-0.2, -0.15) is 26.3 Å². The maximum atomic E-state index is 14.2. The number of hydroxylamine groups is 2. The summed E-state index contributed by atoms with van der Waals surface area (Å²) in [6.45, 7) is -0.386. The Morgan fingerprint density at radius 1 is 1.13 bits per heavy atom. The number of rotatable bonds is 5. The summed E-state index contributed by atoms with van der Waals surface area (Å²) in [7, 11) is 0. The van der Waals surface area contributed by atoms with E-state index < -0.39 is 55.2 Å². The van der Waals surface area contributed by atoms with Crippen LogP contribution in [0.25, 0.3) is 0 Å². The smallest absolute Gasteiger partial charge is 0.374 e. The molecule has 1 fully saturated rings. The van der Waals surface area contributed by atoms with Crippen molar-refractivity contribution in [2.75, 3.05) is 13.2 Å². The molecule has 1 N–H and O–H groups in total. The Morgan fingerprint density at radius 2 is 1.79 bits per heavy atom. The van der Waals surface area contributed by atoms with E-state index in [-0.39, 0.29) is 44.1 Å². The molecule has 1 unspecified atom stereocenters. The highest BCUT2D eigenvalue weighted by Gasteiger charge is 2.62. The number of hydrogen-bond donors (Lipinski definition) is 1. The zero-order valence-electron chi connectivity index (χ0n) is 19.9. The molecule has 2 aromatic carbocycles. The van der Waals surface area contributed by atoms with E-state index in [2.05, 4.69) is 10.5 Å². The molecule has 0 radical (unpaired) electrons. The first-order valence-corrected chi connectivity index (χ1v) is 12.0. The molecule has 2 aliphatic rings. The van der Waals surface area contributed by atoms with Gasteiger partial charge in [-0.1, -0.05) is 34.4 Å². The number of carbonyl (C=O) groups excluding carboxylic acids is 2. The molecule has 0 spiro atoms. The van der Waals surface area contributed by atoms with Crippen LogP contribution < -0.4 is 5.32 Å². The molecule has 2 aromatic rings. The molecule has 7 nitrogen and oxygen atoms in total. The molecule has 2 heterocycles. The number of nitrogens with zero attached hydrogens (tertiary/aromatic N) is 2. The van der Waals surface area contributed by atoms with Gasteiger partial charge in [-0.25, -0.2) is 5.06 Å². The number of nitrogens with one attached hydrogen (secondary N) is 1. The largest absolute Gasteiger partial charge is 0.435 e. The van der Waals surface area contributed by atoms with Crippen LogP contribution in [-0.4, -0.2) is 54.1 Å². The van der Waals surface area contributed by atoms with Gasteiger partial charge in [0, 0.05) is 27.6 Å². The fourth-order valence-corrected chi connectivity index (χ4v) is 4.75. The topological polar surface area (TPSA) is 80.2 Å². The number of benzene rings is 2. The Kier molecular flexibility index (Phi) is 7.80. The minimum absolute atomic E-state index is 0.0116. The van der Waals surface area contributed by atoms with Crippen molar-refractivity contribution in [3.8, 4) is 0 Å². The monoisotopic (exact) mass is 597 g/mol. The van der Waals surface area contributed by atoms with Crippen LogP contribution >= 0.6 is 23.2 Å². The summed E-state index contributed by atoms with van der Waals surface area (Å²) in [5, 5.41) is 6.38. The summed E-state index contributed by atoms with van der Waals surface area (Å²) in [4.78, 5) is 34.5. The molecule has 0 bridgehead atoms. The van der Waals surface area contributed by atoms with Gasteiger partial charge < -0.3 is 10.2 Å². The number of aryl methyl sites for hydroxylation is 1. The first-order chi connectivity index (χ1) is 18.1. The predicted octanol–water partition coefficient (Wildman–Crippen LogP) is 5.71. The number of halogens is 8. The van der Waals surface area contributed by atoms with Crippen LogP contribution in [0.15, 0.2) is 41.6 Å². The lowest BCUT2D eigenvalue weighted by molar-refractivity contribution is -0.275. The van der Waals surface area contributed by atoms with Gasteiger partial charge >= 0.3 is 12.4 Å². The molecule has 2 atom stereocenters. The summed E-state index contributed by atoms with van der Waals surface area (Å²) in [6.07, 6.45) is -10.6. The lowest BCUT2D eigenvalue weighted by Crippen LogP contribution is -2.51. The molecule has 4 rings (SSSR count). The van der Waals surface area contributed by atoms with Crippen molar-refractivity contribution in [1.82, 2.24) is 10.4 Å². The summed E-state index contributed by atoms with van der Waals surface area (Å²) in [6, 6.07) is 6.79. The maximum absolute atomic E-state index is 14.2. The number of hydrogen-bond acceptors (Lipinski definition) is 5. The van der Waals surface area contributed by atoms with Crippen LogP contribution in [0.2, 0.25) is 10.0 Å². The SMILES string of the molecule is Cc1cc(C2=NOC(c3cc(Cl)cc(Cl)c3)(C(F)(F)F)C2)ccc1C(=O)N[C@@H]1CON(CC(F)(F)F)C(=O)C1. The lowest BCUT2D eigenvalue weighted by atomic mass is 9.86. The first kappa shape index (κ1) is 29.0. The highest BCUT2D eigenvalue weighted by molar-refractivity contribution is 6.34. The molecule has 2 amide bonds. The van der Waals surface area contributed by atoms with E-state index in [4.69, 9.17) is 32.9 Å². The van der Waals surface area contributed by atoms with Gasteiger partial charge in [0.1, 0.15) is 6.54 Å². The van der Waals surface area contributed by atoms with Crippen molar-refractivity contribution in [2.45, 2.75) is 43.8 Å². The molecule has 39 heavy (non-hydrogen) atoms. The molecule has 0 aromatic heterocycles. The minimum Gasteiger partial charge on any atom is -0.374 e. The van der Waals surface area contributed by atoms with Gasteiger partial charge in [0.2, 0.25) is 5.91 Å². The van der Waals surface area contributed by atoms with Crippen LogP contribution in [0.1, 0.15) is 39.9 Å². The predicted molar refractivity (Wildman–Crippen MR) is 127 cm³/mol. The van der Waals surface area contributed by atoms with Crippen LogP contribution in [0.5, 0.6) is 0 Å². The second-order valence-electron chi connectivity index (χ2n) is 9.03. The van der Waals surface area contributed by atoms with Crippen molar-refractivity contribution in [1.29, 1.82) is 0 Å². The average Bonchev–Trinajstić information content (AvgIpc) is 3.26. The van der Waals surface area contributed by atoms with Gasteiger partial charge in [0.25, 0.3) is 11.5 Å². The van der Waals surface area contributed by atoms with E-state index in [1.165, 1.54) is 31.2 Å². The zero-order chi connectivity index (χ0) is 28.8. The normalized spacial score (nSPS) is 22.0. The molecular formula is C24H19Cl2F6N3O4. The Bertz CT molecular complexity index is 1310. The zero-order valence-corrected chi connectivity index (χ0v) is 21.4. The molecule has 1 saturated heterocycles. The maximum Gasteiger partial charge on any atom is 0.435 e. The molecular weight excluding hydrogens is 579 g/mol. The highest BCUT2D eigenvalue weighted by atomic mass is 35.5. The third kappa shape index (κ3) is 6.25. The van der Waals surface area contributed by atoms with E-state index in [1.54, 1.807) is 0 Å². The lowest BCUT2D eigenvalue weighted by Gasteiger charge is -2.31. The number of oxime groups is 1. The summed E-state index contributed by atoms with van der Waals surface area (Å²) in [5.74, 6) is -1.59. The van der Waals surface area contributed by atoms with Gasteiger partial charge in [-0.05, 0) is 48.4 Å². The van der Waals surface area contributed by atoms with Gasteiger partial charge in [-0.3, -0.25) is 14.4 Å². The van der Waals surface area contributed by atoms with Gasteiger partial charge in [0.05, 0.1) is 24.8 Å². The van der Waals surface area contributed by atoms with E-state index >= 15 is 0 Å². The van der Waals surface area contributed by atoms with Crippen molar-refractivity contribution >= 4 is 40.7 Å². The summed E-state index contributed by atoms with van der Waals surface area (Å²) >= 11 is 11.8. The van der Waals surface area contributed by atoms with Gasteiger partial charge in [-0.15, -0.1) is 0 Å². The number of carbonyl (C=O) groups is 2. The Morgan fingerprint density at radius 3 is 2.36 bits per heavy atom. The Hall–Kier alpha value is -3.03.